The molecule has 0 atom stereocenters. The van der Waals surface area contributed by atoms with Crippen LogP contribution in [0.3, 0.4) is 0 Å². The number of halogens is 1. The fourth-order valence-electron chi connectivity index (χ4n) is 3.73. The highest BCUT2D eigenvalue weighted by Gasteiger charge is 2.17. The number of hydrogen-bond donors (Lipinski definition) is 2. The van der Waals surface area contributed by atoms with Crippen molar-refractivity contribution in [3.05, 3.63) is 57.6 Å². The molecule has 3 aromatic rings. The first-order valence-corrected chi connectivity index (χ1v) is 8.98. The number of fused-ring (bicyclic) bond motifs is 1. The summed E-state index contributed by atoms with van der Waals surface area (Å²) in [6.07, 6.45) is 3.14. The molecular formula is C21H25ClN2. The minimum absolute atomic E-state index is 0.737. The summed E-state index contributed by atoms with van der Waals surface area (Å²) in [5.74, 6) is 0. The standard InChI is InChI=1S/C21H25ClN2/c1-13-11-14(2)19(15(3)12-13)21-17(7-4-5-10-23)16-8-6-9-18(22)20(16)24-21/h6,8-9,11-12,24H,4-5,7,10,23H2,1-3H3. The summed E-state index contributed by atoms with van der Waals surface area (Å²) < 4.78 is 0. The SMILES string of the molecule is Cc1cc(C)c(-c2[nH]c3c(Cl)cccc3c2CCCCN)c(C)c1. The number of unbranched alkanes of at least 4 members (excludes halogenated alkanes) is 1. The second-order valence-corrected chi connectivity index (χ2v) is 7.07. The maximum Gasteiger partial charge on any atom is 0.0651 e. The van der Waals surface area contributed by atoms with Gasteiger partial charge in [0.2, 0.25) is 0 Å². The van der Waals surface area contributed by atoms with Crippen molar-refractivity contribution in [3.63, 3.8) is 0 Å². The van der Waals surface area contributed by atoms with E-state index in [0.29, 0.717) is 0 Å². The van der Waals surface area contributed by atoms with Crippen LogP contribution < -0.4 is 5.73 Å². The average Bonchev–Trinajstić information content (AvgIpc) is 2.87. The molecule has 3 heteroatoms. The zero-order valence-electron chi connectivity index (χ0n) is 14.7. The minimum atomic E-state index is 0.737. The van der Waals surface area contributed by atoms with Gasteiger partial charge >= 0.3 is 0 Å². The molecule has 0 fully saturated rings. The molecular weight excluding hydrogens is 316 g/mol. The molecule has 0 aliphatic carbocycles. The van der Waals surface area contributed by atoms with Crippen LogP contribution in [0.2, 0.25) is 5.02 Å². The van der Waals surface area contributed by atoms with Gasteiger partial charge in [-0.3, -0.25) is 0 Å². The molecule has 1 aromatic heterocycles. The fourth-order valence-corrected chi connectivity index (χ4v) is 3.95. The van der Waals surface area contributed by atoms with E-state index in [-0.39, 0.29) is 0 Å². The minimum Gasteiger partial charge on any atom is -0.353 e. The number of aryl methyl sites for hydroxylation is 4. The zero-order chi connectivity index (χ0) is 17.3. The summed E-state index contributed by atoms with van der Waals surface area (Å²) in [6.45, 7) is 7.26. The van der Waals surface area contributed by atoms with Crippen molar-refractivity contribution >= 4 is 22.5 Å². The molecule has 3 N–H and O–H groups in total. The van der Waals surface area contributed by atoms with Crippen molar-refractivity contribution < 1.29 is 0 Å². The van der Waals surface area contributed by atoms with Crippen molar-refractivity contribution in [1.29, 1.82) is 0 Å². The van der Waals surface area contributed by atoms with E-state index in [9.17, 15) is 0 Å². The van der Waals surface area contributed by atoms with Gasteiger partial charge in [-0.25, -0.2) is 0 Å². The zero-order valence-corrected chi connectivity index (χ0v) is 15.4. The van der Waals surface area contributed by atoms with Crippen LogP contribution in [0.4, 0.5) is 0 Å². The Hall–Kier alpha value is -1.77. The van der Waals surface area contributed by atoms with Gasteiger partial charge in [0, 0.05) is 10.9 Å². The molecule has 1 heterocycles. The molecule has 0 amide bonds. The van der Waals surface area contributed by atoms with Crippen LogP contribution in [0.1, 0.15) is 35.1 Å². The van der Waals surface area contributed by atoms with E-state index >= 15 is 0 Å². The molecule has 0 saturated heterocycles. The molecule has 24 heavy (non-hydrogen) atoms. The fraction of sp³-hybridized carbons (Fsp3) is 0.333. The lowest BCUT2D eigenvalue weighted by atomic mass is 9.93. The smallest absolute Gasteiger partial charge is 0.0651 e. The van der Waals surface area contributed by atoms with E-state index in [2.05, 4.69) is 44.0 Å². The number of aromatic amines is 1. The van der Waals surface area contributed by atoms with Crippen molar-refractivity contribution in [2.75, 3.05) is 6.54 Å². The van der Waals surface area contributed by atoms with Gasteiger partial charge in [-0.1, -0.05) is 41.4 Å². The molecule has 3 rings (SSSR count). The summed E-state index contributed by atoms with van der Waals surface area (Å²) in [6, 6.07) is 10.6. The Kier molecular flexibility index (Phi) is 4.98. The van der Waals surface area contributed by atoms with Crippen LogP contribution in [0.25, 0.3) is 22.2 Å². The van der Waals surface area contributed by atoms with Crippen LogP contribution >= 0.6 is 11.6 Å². The highest BCUT2D eigenvalue weighted by atomic mass is 35.5. The molecule has 126 valence electrons. The lowest BCUT2D eigenvalue weighted by Gasteiger charge is -2.13. The van der Waals surface area contributed by atoms with Gasteiger partial charge < -0.3 is 10.7 Å². The Morgan fingerprint density at radius 2 is 1.75 bits per heavy atom. The second-order valence-electron chi connectivity index (χ2n) is 6.66. The van der Waals surface area contributed by atoms with Crippen LogP contribution in [-0.2, 0) is 6.42 Å². The maximum absolute atomic E-state index is 6.44. The third kappa shape index (κ3) is 3.09. The van der Waals surface area contributed by atoms with Crippen LogP contribution in [0, 0.1) is 20.8 Å². The van der Waals surface area contributed by atoms with Crippen molar-refractivity contribution in [3.8, 4) is 11.3 Å². The highest BCUT2D eigenvalue weighted by molar-refractivity contribution is 6.35. The molecule has 0 spiro atoms. The van der Waals surface area contributed by atoms with E-state index in [1.165, 1.54) is 38.9 Å². The van der Waals surface area contributed by atoms with Crippen molar-refractivity contribution in [2.45, 2.75) is 40.0 Å². The van der Waals surface area contributed by atoms with Gasteiger partial charge in [0.1, 0.15) is 0 Å². The predicted octanol–water partition coefficient (Wildman–Crippen LogP) is 5.69. The van der Waals surface area contributed by atoms with Gasteiger partial charge in [-0.05, 0) is 69.3 Å². The van der Waals surface area contributed by atoms with Crippen molar-refractivity contribution in [1.82, 2.24) is 4.98 Å². The third-order valence-corrected chi connectivity index (χ3v) is 5.01. The summed E-state index contributed by atoms with van der Waals surface area (Å²) in [4.78, 5) is 3.61. The first-order valence-electron chi connectivity index (χ1n) is 8.60. The number of aromatic nitrogens is 1. The quantitative estimate of drug-likeness (QED) is 0.575. The molecule has 2 nitrogen and oxygen atoms in total. The number of benzene rings is 2. The summed E-state index contributed by atoms with van der Waals surface area (Å²) in [5.41, 5.74) is 14.5. The predicted molar refractivity (Wildman–Crippen MR) is 105 cm³/mol. The van der Waals surface area contributed by atoms with Crippen LogP contribution in [0.5, 0.6) is 0 Å². The second kappa shape index (κ2) is 7.00. The molecule has 0 aliphatic rings. The van der Waals surface area contributed by atoms with Crippen LogP contribution in [0.15, 0.2) is 30.3 Å². The molecule has 0 bridgehead atoms. The lowest BCUT2D eigenvalue weighted by Crippen LogP contribution is -2.00. The number of para-hydroxylation sites is 1. The van der Waals surface area contributed by atoms with Crippen molar-refractivity contribution in [2.24, 2.45) is 5.73 Å². The van der Waals surface area contributed by atoms with E-state index in [4.69, 9.17) is 17.3 Å². The lowest BCUT2D eigenvalue weighted by molar-refractivity contribution is 0.748. The molecule has 0 unspecified atom stereocenters. The number of hydrogen-bond acceptors (Lipinski definition) is 1. The highest BCUT2D eigenvalue weighted by Crippen LogP contribution is 2.37. The summed E-state index contributed by atoms with van der Waals surface area (Å²) >= 11 is 6.44. The molecule has 0 aliphatic heterocycles. The Labute approximate surface area is 149 Å². The number of nitrogens with two attached hydrogens (primary N) is 1. The first-order chi connectivity index (χ1) is 11.5. The first kappa shape index (κ1) is 17.1. The molecule has 0 saturated carbocycles. The number of rotatable bonds is 5. The van der Waals surface area contributed by atoms with Gasteiger partial charge in [-0.15, -0.1) is 0 Å². The molecule has 2 aromatic carbocycles. The third-order valence-electron chi connectivity index (χ3n) is 4.70. The Morgan fingerprint density at radius 3 is 2.42 bits per heavy atom. The number of H-pyrrole nitrogens is 1. The van der Waals surface area contributed by atoms with E-state index < -0.39 is 0 Å². The maximum atomic E-state index is 6.44. The van der Waals surface area contributed by atoms with E-state index in [0.717, 1.165) is 36.3 Å². The Bertz CT molecular complexity index is 854. The molecule has 0 radical (unpaired) electrons. The normalized spacial score (nSPS) is 11.4. The van der Waals surface area contributed by atoms with Gasteiger partial charge in [-0.2, -0.15) is 0 Å². The topological polar surface area (TPSA) is 41.8 Å². The van der Waals surface area contributed by atoms with Gasteiger partial charge in [0.25, 0.3) is 0 Å². The van der Waals surface area contributed by atoms with Crippen LogP contribution in [-0.4, -0.2) is 11.5 Å². The average molecular weight is 341 g/mol. The number of nitrogens with one attached hydrogen (secondary N) is 1. The largest absolute Gasteiger partial charge is 0.353 e. The summed E-state index contributed by atoms with van der Waals surface area (Å²) in [5, 5.41) is 2.01. The van der Waals surface area contributed by atoms with E-state index in [1.54, 1.807) is 0 Å². The Balaban J connectivity index is 2.23. The monoisotopic (exact) mass is 340 g/mol. The van der Waals surface area contributed by atoms with E-state index in [1.807, 2.05) is 12.1 Å². The van der Waals surface area contributed by atoms with Gasteiger partial charge in [0.15, 0.2) is 0 Å². The summed E-state index contributed by atoms with van der Waals surface area (Å²) in [7, 11) is 0. The van der Waals surface area contributed by atoms with Gasteiger partial charge in [0.05, 0.1) is 16.2 Å². The Morgan fingerprint density at radius 1 is 1.04 bits per heavy atom.